The number of hydrogen-bond donors (Lipinski definition) is 1. The van der Waals surface area contributed by atoms with Gasteiger partial charge in [0.05, 0.1) is 24.4 Å². The smallest absolute Gasteiger partial charge is 0.168 e. The van der Waals surface area contributed by atoms with Gasteiger partial charge in [0.15, 0.2) is 5.79 Å². The van der Waals surface area contributed by atoms with Gasteiger partial charge in [0.25, 0.3) is 0 Å². The maximum absolute atomic E-state index is 5.74. The Bertz CT molecular complexity index is 391. The second-order valence-electron chi connectivity index (χ2n) is 5.12. The van der Waals surface area contributed by atoms with Gasteiger partial charge in [-0.15, -0.1) is 11.3 Å². The van der Waals surface area contributed by atoms with Crippen LogP contribution in [-0.4, -0.2) is 30.0 Å². The van der Waals surface area contributed by atoms with Crippen LogP contribution in [0.4, 0.5) is 0 Å². The van der Waals surface area contributed by atoms with Crippen molar-refractivity contribution < 1.29 is 9.47 Å². The van der Waals surface area contributed by atoms with Crippen molar-refractivity contribution >= 4 is 11.3 Å². The lowest BCUT2D eigenvalue weighted by molar-refractivity contribution is -0.179. The quantitative estimate of drug-likeness (QED) is 0.913. The van der Waals surface area contributed by atoms with E-state index in [1.165, 1.54) is 4.88 Å². The third-order valence-corrected chi connectivity index (χ3v) is 4.89. The molecule has 1 saturated carbocycles. The predicted octanol–water partition coefficient (Wildman–Crippen LogP) is 2.23. The molecule has 0 bridgehead atoms. The predicted molar refractivity (Wildman–Crippen MR) is 70.6 cm³/mol. The van der Waals surface area contributed by atoms with Crippen LogP contribution < -0.4 is 5.32 Å². The fourth-order valence-electron chi connectivity index (χ4n) is 2.78. The van der Waals surface area contributed by atoms with Gasteiger partial charge in [0.2, 0.25) is 0 Å². The topological polar surface area (TPSA) is 43.4 Å². The van der Waals surface area contributed by atoms with Crippen LogP contribution >= 0.6 is 11.3 Å². The van der Waals surface area contributed by atoms with Gasteiger partial charge in [0.1, 0.15) is 0 Å². The van der Waals surface area contributed by atoms with E-state index in [1.54, 1.807) is 11.3 Å². The zero-order chi connectivity index (χ0) is 12.4. The van der Waals surface area contributed by atoms with Crippen LogP contribution in [0.15, 0.2) is 5.51 Å². The second-order valence-corrected chi connectivity index (χ2v) is 6.06. The zero-order valence-electron chi connectivity index (χ0n) is 10.8. The molecule has 0 aromatic carbocycles. The first-order chi connectivity index (χ1) is 8.77. The summed E-state index contributed by atoms with van der Waals surface area (Å²) in [5.41, 5.74) is 3.07. The average molecular weight is 268 g/mol. The molecular weight excluding hydrogens is 248 g/mol. The lowest BCUT2D eigenvalue weighted by Gasteiger charge is -2.35. The SMILES string of the molecule is Cc1ncsc1CNC1CCC2(CC1)OCCO2. The molecule has 4 nitrogen and oxygen atoms in total. The van der Waals surface area contributed by atoms with Crippen LogP contribution in [-0.2, 0) is 16.0 Å². The van der Waals surface area contributed by atoms with Gasteiger partial charge < -0.3 is 14.8 Å². The van der Waals surface area contributed by atoms with Crippen LogP contribution in [0, 0.1) is 6.92 Å². The van der Waals surface area contributed by atoms with Gasteiger partial charge in [-0.3, -0.25) is 0 Å². The lowest BCUT2D eigenvalue weighted by Crippen LogP contribution is -2.41. The summed E-state index contributed by atoms with van der Waals surface area (Å²) < 4.78 is 11.5. The minimum absolute atomic E-state index is 0.238. The molecule has 2 heterocycles. The largest absolute Gasteiger partial charge is 0.348 e. The molecule has 5 heteroatoms. The third kappa shape index (κ3) is 2.59. The normalized spacial score (nSPS) is 23.8. The molecule has 1 aliphatic heterocycles. The molecule has 1 spiro atoms. The maximum Gasteiger partial charge on any atom is 0.168 e. The first kappa shape index (κ1) is 12.5. The number of thiazole rings is 1. The molecule has 18 heavy (non-hydrogen) atoms. The van der Waals surface area contributed by atoms with E-state index >= 15 is 0 Å². The van der Waals surface area contributed by atoms with E-state index in [9.17, 15) is 0 Å². The Morgan fingerprint density at radius 3 is 2.72 bits per heavy atom. The zero-order valence-corrected chi connectivity index (χ0v) is 11.6. The van der Waals surface area contributed by atoms with Crippen LogP contribution in [0.1, 0.15) is 36.3 Å². The minimum Gasteiger partial charge on any atom is -0.348 e. The van der Waals surface area contributed by atoms with Crippen molar-refractivity contribution in [1.29, 1.82) is 0 Å². The fourth-order valence-corrected chi connectivity index (χ4v) is 3.51. The standard InChI is InChI=1S/C13H20N2O2S/c1-10-12(18-9-15-10)8-14-11-2-4-13(5-3-11)16-6-7-17-13/h9,11,14H,2-8H2,1H3. The number of aryl methyl sites for hydroxylation is 1. The highest BCUT2D eigenvalue weighted by Crippen LogP contribution is 2.35. The van der Waals surface area contributed by atoms with Gasteiger partial charge >= 0.3 is 0 Å². The number of hydrogen-bond acceptors (Lipinski definition) is 5. The number of nitrogens with one attached hydrogen (secondary N) is 1. The first-order valence-corrected chi connectivity index (χ1v) is 7.56. The average Bonchev–Trinajstić information content (AvgIpc) is 2.99. The molecule has 1 saturated heterocycles. The Morgan fingerprint density at radius 1 is 1.39 bits per heavy atom. The van der Waals surface area contributed by atoms with E-state index in [2.05, 4.69) is 17.2 Å². The van der Waals surface area contributed by atoms with Gasteiger partial charge in [-0.2, -0.15) is 0 Å². The van der Waals surface area contributed by atoms with Crippen LogP contribution in [0.2, 0.25) is 0 Å². The highest BCUT2D eigenvalue weighted by atomic mass is 32.1. The van der Waals surface area contributed by atoms with Crippen molar-refractivity contribution in [3.8, 4) is 0 Å². The summed E-state index contributed by atoms with van der Waals surface area (Å²) in [6.07, 6.45) is 4.31. The minimum atomic E-state index is -0.238. The van der Waals surface area contributed by atoms with Crippen LogP contribution in [0.3, 0.4) is 0 Å². The van der Waals surface area contributed by atoms with Crippen molar-refractivity contribution in [2.24, 2.45) is 0 Å². The maximum atomic E-state index is 5.74. The van der Waals surface area contributed by atoms with Crippen molar-refractivity contribution in [3.05, 3.63) is 16.1 Å². The summed E-state index contributed by atoms with van der Waals surface area (Å²) in [7, 11) is 0. The summed E-state index contributed by atoms with van der Waals surface area (Å²) in [5, 5.41) is 3.63. The molecule has 1 aromatic heterocycles. The molecule has 100 valence electrons. The number of nitrogens with zero attached hydrogens (tertiary/aromatic N) is 1. The van der Waals surface area contributed by atoms with E-state index in [-0.39, 0.29) is 5.79 Å². The van der Waals surface area contributed by atoms with E-state index in [4.69, 9.17) is 9.47 Å². The summed E-state index contributed by atoms with van der Waals surface area (Å²) in [6, 6.07) is 0.588. The van der Waals surface area contributed by atoms with E-state index in [1.807, 2.05) is 5.51 Å². The monoisotopic (exact) mass is 268 g/mol. The van der Waals surface area contributed by atoms with E-state index in [0.29, 0.717) is 6.04 Å². The second kappa shape index (κ2) is 5.25. The molecule has 1 aromatic rings. The van der Waals surface area contributed by atoms with Gasteiger partial charge in [-0.05, 0) is 19.8 Å². The Morgan fingerprint density at radius 2 is 2.11 bits per heavy atom. The van der Waals surface area contributed by atoms with Gasteiger partial charge in [0, 0.05) is 30.3 Å². The molecular formula is C13H20N2O2S. The number of aromatic nitrogens is 1. The Kier molecular flexibility index (Phi) is 3.66. The Hall–Kier alpha value is -0.490. The molecule has 0 atom stereocenters. The summed E-state index contributed by atoms with van der Waals surface area (Å²) >= 11 is 1.73. The van der Waals surface area contributed by atoms with Crippen molar-refractivity contribution in [1.82, 2.24) is 10.3 Å². The van der Waals surface area contributed by atoms with Gasteiger partial charge in [-0.1, -0.05) is 0 Å². The molecule has 2 fully saturated rings. The Balaban J connectivity index is 1.47. The van der Waals surface area contributed by atoms with E-state index in [0.717, 1.165) is 51.1 Å². The highest BCUT2D eigenvalue weighted by molar-refractivity contribution is 7.09. The van der Waals surface area contributed by atoms with Crippen molar-refractivity contribution in [3.63, 3.8) is 0 Å². The summed E-state index contributed by atoms with van der Waals surface area (Å²) in [5.74, 6) is -0.238. The van der Waals surface area contributed by atoms with Crippen molar-refractivity contribution in [2.75, 3.05) is 13.2 Å². The number of rotatable bonds is 3. The number of ether oxygens (including phenoxy) is 2. The highest BCUT2D eigenvalue weighted by Gasteiger charge is 2.40. The molecule has 1 N–H and O–H groups in total. The van der Waals surface area contributed by atoms with Crippen molar-refractivity contribution in [2.45, 2.75) is 51.0 Å². The molecule has 1 aliphatic carbocycles. The molecule has 0 unspecified atom stereocenters. The lowest BCUT2D eigenvalue weighted by atomic mass is 9.90. The molecule has 0 radical (unpaired) electrons. The summed E-state index contributed by atoms with van der Waals surface area (Å²) in [6.45, 7) is 4.54. The summed E-state index contributed by atoms with van der Waals surface area (Å²) in [4.78, 5) is 5.63. The van der Waals surface area contributed by atoms with Crippen LogP contribution in [0.5, 0.6) is 0 Å². The molecule has 3 rings (SSSR count). The van der Waals surface area contributed by atoms with Gasteiger partial charge in [-0.25, -0.2) is 4.98 Å². The molecule has 2 aliphatic rings. The first-order valence-electron chi connectivity index (χ1n) is 6.68. The van der Waals surface area contributed by atoms with E-state index < -0.39 is 0 Å². The third-order valence-electron chi connectivity index (χ3n) is 3.96. The molecule has 0 amide bonds. The fraction of sp³-hybridized carbons (Fsp3) is 0.769. The van der Waals surface area contributed by atoms with Crippen LogP contribution in [0.25, 0.3) is 0 Å². The Labute approximate surface area is 112 Å².